The summed E-state index contributed by atoms with van der Waals surface area (Å²) < 4.78 is 0.995. The normalized spacial score (nSPS) is 21.0. The maximum atomic E-state index is 9.08. The molecule has 2 rings (SSSR count). The molecule has 15 heavy (non-hydrogen) atoms. The molecule has 0 amide bonds. The lowest BCUT2D eigenvalue weighted by atomic mass is 10.1. The Morgan fingerprint density at radius 2 is 2.33 bits per heavy atom. The van der Waals surface area contributed by atoms with E-state index in [9.17, 15) is 0 Å². The standard InChI is InChI=1S/C11H13BrClNO/c12-9-1-2-11(10(13)5-9)14-4-3-8(6-14)7-15/h1-2,5,8,15H,3-4,6-7H2. The van der Waals surface area contributed by atoms with Crippen LogP contribution in [0.25, 0.3) is 0 Å². The number of nitrogens with zero attached hydrogens (tertiary/aromatic N) is 1. The smallest absolute Gasteiger partial charge is 0.0650 e. The Morgan fingerprint density at radius 1 is 1.53 bits per heavy atom. The highest BCUT2D eigenvalue weighted by molar-refractivity contribution is 9.10. The van der Waals surface area contributed by atoms with Crippen LogP contribution in [0.2, 0.25) is 5.02 Å². The summed E-state index contributed by atoms with van der Waals surface area (Å²) in [5.41, 5.74) is 1.07. The highest BCUT2D eigenvalue weighted by atomic mass is 79.9. The van der Waals surface area contributed by atoms with E-state index in [4.69, 9.17) is 16.7 Å². The van der Waals surface area contributed by atoms with Crippen LogP contribution in [0.15, 0.2) is 22.7 Å². The van der Waals surface area contributed by atoms with Crippen LogP contribution in [-0.2, 0) is 0 Å². The van der Waals surface area contributed by atoms with Crippen molar-refractivity contribution in [2.45, 2.75) is 6.42 Å². The van der Waals surface area contributed by atoms with Crippen molar-refractivity contribution < 1.29 is 5.11 Å². The fraction of sp³-hybridized carbons (Fsp3) is 0.455. The van der Waals surface area contributed by atoms with Crippen molar-refractivity contribution in [3.05, 3.63) is 27.7 Å². The van der Waals surface area contributed by atoms with Gasteiger partial charge < -0.3 is 10.0 Å². The second kappa shape index (κ2) is 4.73. The van der Waals surface area contributed by atoms with Gasteiger partial charge in [-0.25, -0.2) is 0 Å². The van der Waals surface area contributed by atoms with Crippen molar-refractivity contribution in [3.8, 4) is 0 Å². The third kappa shape index (κ3) is 2.47. The van der Waals surface area contributed by atoms with Crippen LogP contribution in [0.3, 0.4) is 0 Å². The predicted octanol–water partition coefficient (Wildman–Crippen LogP) is 2.92. The second-order valence-electron chi connectivity index (χ2n) is 3.88. The van der Waals surface area contributed by atoms with Gasteiger partial charge in [0.15, 0.2) is 0 Å². The minimum Gasteiger partial charge on any atom is -0.396 e. The van der Waals surface area contributed by atoms with E-state index in [1.807, 2.05) is 18.2 Å². The molecule has 1 aliphatic rings. The number of hydrogen-bond acceptors (Lipinski definition) is 2. The van der Waals surface area contributed by atoms with Crippen molar-refractivity contribution >= 4 is 33.2 Å². The van der Waals surface area contributed by atoms with Gasteiger partial charge in [0, 0.05) is 30.1 Å². The molecule has 0 saturated carbocycles. The van der Waals surface area contributed by atoms with E-state index in [1.54, 1.807) is 0 Å². The second-order valence-corrected chi connectivity index (χ2v) is 5.20. The van der Waals surface area contributed by atoms with Crippen LogP contribution < -0.4 is 4.90 Å². The minimum absolute atomic E-state index is 0.268. The summed E-state index contributed by atoms with van der Waals surface area (Å²) in [4.78, 5) is 2.23. The van der Waals surface area contributed by atoms with E-state index in [0.717, 1.165) is 34.7 Å². The summed E-state index contributed by atoms with van der Waals surface area (Å²) in [5, 5.41) is 9.84. The third-order valence-electron chi connectivity index (χ3n) is 2.79. The lowest BCUT2D eigenvalue weighted by Crippen LogP contribution is -2.20. The third-order valence-corrected chi connectivity index (χ3v) is 3.59. The zero-order valence-electron chi connectivity index (χ0n) is 8.29. The first kappa shape index (κ1) is 11.2. The van der Waals surface area contributed by atoms with Crippen LogP contribution in [0, 0.1) is 5.92 Å². The molecule has 1 heterocycles. The van der Waals surface area contributed by atoms with Gasteiger partial charge in [-0.05, 0) is 24.6 Å². The molecule has 1 saturated heterocycles. The molecule has 1 aliphatic heterocycles. The van der Waals surface area contributed by atoms with E-state index in [0.29, 0.717) is 5.92 Å². The zero-order valence-corrected chi connectivity index (χ0v) is 10.6. The van der Waals surface area contributed by atoms with Gasteiger partial charge in [-0.2, -0.15) is 0 Å². The van der Waals surface area contributed by atoms with E-state index < -0.39 is 0 Å². The molecular weight excluding hydrogens is 277 g/mol. The van der Waals surface area contributed by atoms with Gasteiger partial charge in [0.05, 0.1) is 10.7 Å². The number of halogens is 2. The fourth-order valence-corrected chi connectivity index (χ4v) is 2.73. The van der Waals surface area contributed by atoms with E-state index >= 15 is 0 Å². The van der Waals surface area contributed by atoms with Gasteiger partial charge in [-0.3, -0.25) is 0 Å². The topological polar surface area (TPSA) is 23.5 Å². The van der Waals surface area contributed by atoms with Crippen molar-refractivity contribution in [2.75, 3.05) is 24.6 Å². The SMILES string of the molecule is OCC1CCN(c2ccc(Br)cc2Cl)C1. The molecule has 1 unspecified atom stereocenters. The molecule has 1 aromatic rings. The summed E-state index contributed by atoms with van der Waals surface area (Å²) >= 11 is 9.55. The molecule has 1 fully saturated rings. The molecule has 0 aliphatic carbocycles. The number of aliphatic hydroxyl groups is 1. The maximum absolute atomic E-state index is 9.08. The summed E-state index contributed by atoms with van der Waals surface area (Å²) in [6.45, 7) is 2.15. The largest absolute Gasteiger partial charge is 0.396 e. The molecule has 0 bridgehead atoms. The number of benzene rings is 1. The molecule has 1 atom stereocenters. The monoisotopic (exact) mass is 289 g/mol. The van der Waals surface area contributed by atoms with Crippen LogP contribution >= 0.6 is 27.5 Å². The Balaban J connectivity index is 2.17. The van der Waals surface area contributed by atoms with Crippen LogP contribution in [-0.4, -0.2) is 24.8 Å². The highest BCUT2D eigenvalue weighted by Gasteiger charge is 2.23. The maximum Gasteiger partial charge on any atom is 0.0650 e. The minimum atomic E-state index is 0.268. The quantitative estimate of drug-likeness (QED) is 0.905. The van der Waals surface area contributed by atoms with Crippen molar-refractivity contribution in [1.29, 1.82) is 0 Å². The fourth-order valence-electron chi connectivity index (χ4n) is 1.94. The van der Waals surface area contributed by atoms with Crippen molar-refractivity contribution in [2.24, 2.45) is 5.92 Å². The number of aliphatic hydroxyl groups excluding tert-OH is 1. The van der Waals surface area contributed by atoms with Crippen LogP contribution in [0.5, 0.6) is 0 Å². The Bertz CT molecular complexity index is 358. The first-order chi connectivity index (χ1) is 7.20. The lowest BCUT2D eigenvalue weighted by Gasteiger charge is -2.19. The van der Waals surface area contributed by atoms with Gasteiger partial charge >= 0.3 is 0 Å². The molecule has 0 spiro atoms. The van der Waals surface area contributed by atoms with E-state index in [2.05, 4.69) is 20.8 Å². The highest BCUT2D eigenvalue weighted by Crippen LogP contribution is 2.32. The first-order valence-corrected chi connectivity index (χ1v) is 6.18. The molecule has 0 radical (unpaired) electrons. The molecule has 82 valence electrons. The molecule has 2 nitrogen and oxygen atoms in total. The Morgan fingerprint density at radius 3 is 2.93 bits per heavy atom. The number of rotatable bonds is 2. The summed E-state index contributed by atoms with van der Waals surface area (Å²) in [7, 11) is 0. The average Bonchev–Trinajstić information content (AvgIpc) is 2.66. The molecule has 1 aromatic carbocycles. The summed E-state index contributed by atoms with van der Waals surface area (Å²) in [5.74, 6) is 0.393. The average molecular weight is 291 g/mol. The lowest BCUT2D eigenvalue weighted by molar-refractivity contribution is 0.238. The number of hydrogen-bond donors (Lipinski definition) is 1. The Kier molecular flexibility index (Phi) is 3.54. The number of anilines is 1. The Hall–Kier alpha value is -0.250. The zero-order chi connectivity index (χ0) is 10.8. The van der Waals surface area contributed by atoms with Crippen molar-refractivity contribution in [3.63, 3.8) is 0 Å². The summed E-state index contributed by atoms with van der Waals surface area (Å²) in [6, 6.07) is 5.92. The van der Waals surface area contributed by atoms with E-state index in [1.165, 1.54) is 0 Å². The van der Waals surface area contributed by atoms with Gasteiger partial charge in [-0.15, -0.1) is 0 Å². The molecular formula is C11H13BrClNO. The van der Waals surface area contributed by atoms with Crippen LogP contribution in [0.1, 0.15) is 6.42 Å². The van der Waals surface area contributed by atoms with Gasteiger partial charge in [0.25, 0.3) is 0 Å². The Labute approximate surface area is 103 Å². The summed E-state index contributed by atoms with van der Waals surface area (Å²) in [6.07, 6.45) is 1.04. The molecule has 1 N–H and O–H groups in total. The van der Waals surface area contributed by atoms with E-state index in [-0.39, 0.29) is 6.61 Å². The molecule has 4 heteroatoms. The first-order valence-electron chi connectivity index (χ1n) is 5.01. The van der Waals surface area contributed by atoms with Gasteiger partial charge in [0.2, 0.25) is 0 Å². The van der Waals surface area contributed by atoms with Gasteiger partial charge in [0.1, 0.15) is 0 Å². The van der Waals surface area contributed by atoms with Crippen LogP contribution in [0.4, 0.5) is 5.69 Å². The molecule has 0 aromatic heterocycles. The van der Waals surface area contributed by atoms with Crippen molar-refractivity contribution in [1.82, 2.24) is 0 Å². The van der Waals surface area contributed by atoms with Gasteiger partial charge in [-0.1, -0.05) is 27.5 Å². The predicted molar refractivity (Wildman–Crippen MR) is 66.6 cm³/mol.